The molecule has 2 aliphatic rings. The summed E-state index contributed by atoms with van der Waals surface area (Å²) in [5.41, 5.74) is 4.18. The van der Waals surface area contributed by atoms with Crippen LogP contribution in [0.2, 0.25) is 0 Å². The minimum Gasteiger partial charge on any atom is -0.497 e. The van der Waals surface area contributed by atoms with E-state index in [0.29, 0.717) is 52.5 Å². The van der Waals surface area contributed by atoms with E-state index in [9.17, 15) is 9.59 Å². The molecule has 0 unspecified atom stereocenters. The fourth-order valence-electron chi connectivity index (χ4n) is 5.34. The first-order valence-electron chi connectivity index (χ1n) is 13.1. The maximum Gasteiger partial charge on any atom is 0.336 e. The van der Waals surface area contributed by atoms with E-state index >= 15 is 0 Å². The number of esters is 1. The second kappa shape index (κ2) is 11.8. The van der Waals surface area contributed by atoms with E-state index in [1.807, 2.05) is 45.0 Å². The molecule has 0 radical (unpaired) electrons. The third-order valence-electron chi connectivity index (χ3n) is 7.20. The molecule has 1 aliphatic heterocycles. The van der Waals surface area contributed by atoms with E-state index in [1.54, 1.807) is 19.2 Å². The van der Waals surface area contributed by atoms with Crippen LogP contribution in [0, 0.1) is 5.92 Å². The highest BCUT2D eigenvalue weighted by Gasteiger charge is 2.42. The van der Waals surface area contributed by atoms with Gasteiger partial charge in [0.1, 0.15) is 5.75 Å². The lowest BCUT2D eigenvalue weighted by Gasteiger charge is -2.37. The van der Waals surface area contributed by atoms with Crippen LogP contribution in [-0.4, -0.2) is 46.8 Å². The van der Waals surface area contributed by atoms with E-state index in [0.717, 1.165) is 17.0 Å². The number of hydrogen-bond acceptors (Lipinski definition) is 8. The number of carbonyl (C=O) groups excluding carboxylic acids is 2. The standard InChI is InChI=1S/C31H37NO7/c1-17(2)16-39-31(34)27-18(3)32-23-12-20(19-8-10-22(35-4)11-9-19)13-24(33)29(23)28(27)21-14-25(36-5)30(38-7)26(15-21)37-6/h8-11,14-15,17,20,28,32H,12-13,16H2,1-7H3/t20-,28+/m1/s1. The Hall–Kier alpha value is -3.94. The molecule has 0 saturated carbocycles. The van der Waals surface area contributed by atoms with Gasteiger partial charge in [-0.05, 0) is 60.6 Å². The molecule has 1 heterocycles. The predicted molar refractivity (Wildman–Crippen MR) is 147 cm³/mol. The second-order valence-electron chi connectivity index (χ2n) is 10.2. The van der Waals surface area contributed by atoms with Crippen molar-refractivity contribution >= 4 is 11.8 Å². The fraction of sp³-hybridized carbons (Fsp3) is 0.419. The van der Waals surface area contributed by atoms with Gasteiger partial charge in [-0.15, -0.1) is 0 Å². The predicted octanol–water partition coefficient (Wildman–Crippen LogP) is 5.28. The smallest absolute Gasteiger partial charge is 0.336 e. The highest BCUT2D eigenvalue weighted by Crippen LogP contribution is 2.49. The Kier molecular flexibility index (Phi) is 8.53. The minimum absolute atomic E-state index is 0.00233. The Morgan fingerprint density at radius 3 is 2.10 bits per heavy atom. The van der Waals surface area contributed by atoms with Crippen molar-refractivity contribution in [1.82, 2.24) is 5.32 Å². The van der Waals surface area contributed by atoms with Crippen LogP contribution in [0.15, 0.2) is 58.9 Å². The van der Waals surface area contributed by atoms with Gasteiger partial charge in [0.15, 0.2) is 17.3 Å². The van der Waals surface area contributed by atoms with E-state index in [4.69, 9.17) is 23.7 Å². The molecule has 0 amide bonds. The maximum absolute atomic E-state index is 13.9. The van der Waals surface area contributed by atoms with Crippen molar-refractivity contribution in [2.24, 2.45) is 5.92 Å². The van der Waals surface area contributed by atoms with Crippen molar-refractivity contribution in [3.8, 4) is 23.0 Å². The topological polar surface area (TPSA) is 92.3 Å². The molecule has 39 heavy (non-hydrogen) atoms. The number of Topliss-reactive ketones (excluding diaryl/α,β-unsaturated/α-hetero) is 1. The number of nitrogens with one attached hydrogen (secondary N) is 1. The molecular formula is C31H37NO7. The number of rotatable bonds is 9. The molecule has 0 fully saturated rings. The zero-order chi connectivity index (χ0) is 28.3. The number of carbonyl (C=O) groups is 2. The SMILES string of the molecule is COc1ccc([C@H]2CC(=O)C3=C(C2)NC(C)=C(C(=O)OCC(C)C)[C@@H]3c2cc(OC)c(OC)c(OC)c2)cc1. The molecule has 1 N–H and O–H groups in total. The molecular weight excluding hydrogens is 498 g/mol. The van der Waals surface area contributed by atoms with Crippen LogP contribution < -0.4 is 24.3 Å². The molecule has 8 nitrogen and oxygen atoms in total. The number of methoxy groups -OCH3 is 4. The van der Waals surface area contributed by atoms with Crippen LogP contribution in [0.1, 0.15) is 56.6 Å². The molecule has 2 aromatic carbocycles. The Bertz CT molecular complexity index is 1280. The lowest BCUT2D eigenvalue weighted by molar-refractivity contribution is -0.140. The largest absolute Gasteiger partial charge is 0.497 e. The Morgan fingerprint density at radius 1 is 0.923 bits per heavy atom. The van der Waals surface area contributed by atoms with Crippen molar-refractivity contribution in [1.29, 1.82) is 0 Å². The number of ether oxygens (including phenoxy) is 5. The van der Waals surface area contributed by atoms with Crippen molar-refractivity contribution < 1.29 is 33.3 Å². The number of allylic oxidation sites excluding steroid dienone is 3. The van der Waals surface area contributed by atoms with E-state index in [-0.39, 0.29) is 24.2 Å². The summed E-state index contributed by atoms with van der Waals surface area (Å²) in [4.78, 5) is 27.4. The average Bonchev–Trinajstić information content (AvgIpc) is 2.94. The molecule has 0 spiro atoms. The Labute approximate surface area is 229 Å². The quantitative estimate of drug-likeness (QED) is 0.434. The highest BCUT2D eigenvalue weighted by atomic mass is 16.5. The minimum atomic E-state index is -0.654. The van der Waals surface area contributed by atoms with E-state index in [1.165, 1.54) is 21.3 Å². The van der Waals surface area contributed by atoms with Crippen LogP contribution in [0.3, 0.4) is 0 Å². The zero-order valence-corrected chi connectivity index (χ0v) is 23.7. The first-order chi connectivity index (χ1) is 18.7. The van der Waals surface area contributed by atoms with Crippen molar-refractivity contribution in [2.45, 2.75) is 45.4 Å². The van der Waals surface area contributed by atoms with Gasteiger partial charge in [-0.1, -0.05) is 26.0 Å². The van der Waals surface area contributed by atoms with Crippen molar-refractivity contribution in [2.75, 3.05) is 35.0 Å². The van der Waals surface area contributed by atoms with Crippen molar-refractivity contribution in [3.63, 3.8) is 0 Å². The molecule has 0 bridgehead atoms. The van der Waals surface area contributed by atoms with Gasteiger partial charge in [-0.2, -0.15) is 0 Å². The summed E-state index contributed by atoms with van der Waals surface area (Å²) >= 11 is 0. The second-order valence-corrected chi connectivity index (χ2v) is 10.2. The monoisotopic (exact) mass is 535 g/mol. The summed E-state index contributed by atoms with van der Waals surface area (Å²) in [6.45, 7) is 6.09. The summed E-state index contributed by atoms with van der Waals surface area (Å²) in [6, 6.07) is 11.4. The Morgan fingerprint density at radius 2 is 1.56 bits per heavy atom. The first-order valence-corrected chi connectivity index (χ1v) is 13.1. The first kappa shape index (κ1) is 28.1. The van der Waals surface area contributed by atoms with Crippen LogP contribution in [0.25, 0.3) is 0 Å². The maximum atomic E-state index is 13.9. The van der Waals surface area contributed by atoms with Crippen LogP contribution in [-0.2, 0) is 14.3 Å². The summed E-state index contributed by atoms with van der Waals surface area (Å²) < 4.78 is 27.7. The van der Waals surface area contributed by atoms with Gasteiger partial charge in [0.25, 0.3) is 0 Å². The van der Waals surface area contributed by atoms with Gasteiger partial charge in [0, 0.05) is 29.3 Å². The van der Waals surface area contributed by atoms with E-state index in [2.05, 4.69) is 5.32 Å². The summed E-state index contributed by atoms with van der Waals surface area (Å²) in [5, 5.41) is 3.39. The third-order valence-corrected chi connectivity index (χ3v) is 7.20. The summed E-state index contributed by atoms with van der Waals surface area (Å²) in [6.07, 6.45) is 0.946. The van der Waals surface area contributed by atoms with E-state index < -0.39 is 11.9 Å². The fourth-order valence-corrected chi connectivity index (χ4v) is 5.34. The molecule has 0 saturated heterocycles. The van der Waals surface area contributed by atoms with Crippen LogP contribution in [0.5, 0.6) is 23.0 Å². The molecule has 8 heteroatoms. The molecule has 2 atom stereocenters. The average molecular weight is 536 g/mol. The zero-order valence-electron chi connectivity index (χ0n) is 23.7. The van der Waals surface area contributed by atoms with Crippen LogP contribution >= 0.6 is 0 Å². The highest BCUT2D eigenvalue weighted by molar-refractivity contribution is 6.04. The van der Waals surface area contributed by atoms with Gasteiger partial charge in [-0.25, -0.2) is 4.79 Å². The molecule has 208 valence electrons. The molecule has 1 aliphatic carbocycles. The Balaban J connectivity index is 1.83. The summed E-state index contributed by atoms with van der Waals surface area (Å²) in [5.74, 6) is 1.13. The number of ketones is 1. The van der Waals surface area contributed by atoms with Crippen molar-refractivity contribution in [3.05, 3.63) is 70.1 Å². The third kappa shape index (κ3) is 5.60. The molecule has 0 aromatic heterocycles. The van der Waals surface area contributed by atoms with Crippen LogP contribution in [0.4, 0.5) is 0 Å². The van der Waals surface area contributed by atoms with Gasteiger partial charge in [0.2, 0.25) is 5.75 Å². The van der Waals surface area contributed by atoms with Gasteiger partial charge >= 0.3 is 5.97 Å². The number of hydrogen-bond donors (Lipinski definition) is 1. The molecule has 4 rings (SSSR count). The normalized spacial score (nSPS) is 18.9. The number of benzene rings is 2. The molecule has 2 aromatic rings. The lowest BCUT2D eigenvalue weighted by atomic mass is 9.71. The lowest BCUT2D eigenvalue weighted by Crippen LogP contribution is -2.36. The van der Waals surface area contributed by atoms with Gasteiger partial charge < -0.3 is 29.0 Å². The number of dihydropyridines is 1. The summed E-state index contributed by atoms with van der Waals surface area (Å²) in [7, 11) is 6.24. The van der Waals surface area contributed by atoms with Gasteiger partial charge in [-0.3, -0.25) is 4.79 Å². The van der Waals surface area contributed by atoms with Gasteiger partial charge in [0.05, 0.1) is 40.6 Å².